The van der Waals surface area contributed by atoms with Gasteiger partial charge in [0.05, 0.1) is 6.54 Å². The second kappa shape index (κ2) is 6.13. The Morgan fingerprint density at radius 2 is 1.62 bits per heavy atom. The molecule has 0 aliphatic heterocycles. The number of fused-ring (bicyclic) bond motifs is 1. The molecular weight excluding hydrogens is 296 g/mol. The van der Waals surface area contributed by atoms with E-state index in [9.17, 15) is 4.79 Å². The number of aromatic nitrogens is 2. The van der Waals surface area contributed by atoms with Crippen molar-refractivity contribution < 1.29 is 0 Å². The predicted molar refractivity (Wildman–Crippen MR) is 97.0 cm³/mol. The van der Waals surface area contributed by atoms with Crippen LogP contribution in [0.5, 0.6) is 0 Å². The fraction of sp³-hybridized carbons (Fsp3) is 0.0476. The molecule has 0 fully saturated rings. The first-order valence-electron chi connectivity index (χ1n) is 7.89. The van der Waals surface area contributed by atoms with Crippen LogP contribution in [0.4, 0.5) is 0 Å². The number of benzene rings is 2. The predicted octanol–water partition coefficient (Wildman–Crippen LogP) is 4.11. The lowest BCUT2D eigenvalue weighted by Crippen LogP contribution is -2.19. The Balaban J connectivity index is 1.76. The van der Waals surface area contributed by atoms with Crippen molar-refractivity contribution in [3.63, 3.8) is 0 Å². The summed E-state index contributed by atoms with van der Waals surface area (Å²) in [6.45, 7) is 0.585. The maximum Gasteiger partial charge on any atom is 0.258 e. The fourth-order valence-electron chi connectivity index (χ4n) is 2.92. The van der Waals surface area contributed by atoms with Crippen molar-refractivity contribution in [3.8, 4) is 11.1 Å². The summed E-state index contributed by atoms with van der Waals surface area (Å²) in [6, 6.07) is 21.9. The zero-order chi connectivity index (χ0) is 16.4. The lowest BCUT2D eigenvalue weighted by atomic mass is 10.0. The normalized spacial score (nSPS) is 10.8. The molecule has 4 rings (SSSR count). The summed E-state index contributed by atoms with van der Waals surface area (Å²) in [5.41, 5.74) is 3.34. The minimum absolute atomic E-state index is 0.0395. The highest BCUT2D eigenvalue weighted by Gasteiger charge is 2.05. The molecule has 0 N–H and O–H groups in total. The van der Waals surface area contributed by atoms with E-state index in [0.717, 1.165) is 27.5 Å². The maximum absolute atomic E-state index is 12.7. The van der Waals surface area contributed by atoms with Crippen molar-refractivity contribution in [3.05, 3.63) is 101 Å². The smallest absolute Gasteiger partial charge is 0.258 e. The minimum Gasteiger partial charge on any atom is -0.311 e. The molecule has 24 heavy (non-hydrogen) atoms. The first kappa shape index (κ1) is 14.4. The fourth-order valence-corrected chi connectivity index (χ4v) is 2.92. The summed E-state index contributed by atoms with van der Waals surface area (Å²) in [7, 11) is 0. The molecule has 0 aliphatic rings. The van der Waals surface area contributed by atoms with Crippen LogP contribution in [0.15, 0.2) is 90.1 Å². The molecule has 0 spiro atoms. The molecule has 0 saturated heterocycles. The number of nitrogens with zero attached hydrogens (tertiary/aromatic N) is 2. The van der Waals surface area contributed by atoms with Crippen LogP contribution in [0, 0.1) is 0 Å². The van der Waals surface area contributed by atoms with Crippen LogP contribution in [0.1, 0.15) is 5.56 Å². The molecule has 2 aromatic heterocycles. The van der Waals surface area contributed by atoms with Gasteiger partial charge in [-0.2, -0.15) is 0 Å². The lowest BCUT2D eigenvalue weighted by Gasteiger charge is -2.09. The van der Waals surface area contributed by atoms with Crippen molar-refractivity contribution in [1.82, 2.24) is 9.55 Å². The van der Waals surface area contributed by atoms with Crippen molar-refractivity contribution in [2.24, 2.45) is 0 Å². The van der Waals surface area contributed by atoms with Gasteiger partial charge in [0.15, 0.2) is 0 Å². The number of pyridine rings is 2. The van der Waals surface area contributed by atoms with Gasteiger partial charge in [0.1, 0.15) is 0 Å². The Morgan fingerprint density at radius 3 is 2.42 bits per heavy atom. The molecule has 0 atom stereocenters. The van der Waals surface area contributed by atoms with Gasteiger partial charge in [0.25, 0.3) is 5.56 Å². The molecule has 0 saturated carbocycles. The Morgan fingerprint density at radius 1 is 0.833 bits per heavy atom. The Bertz CT molecular complexity index is 1040. The van der Waals surface area contributed by atoms with Crippen molar-refractivity contribution in [1.29, 1.82) is 0 Å². The van der Waals surface area contributed by atoms with E-state index in [-0.39, 0.29) is 5.56 Å². The number of rotatable bonds is 3. The Hall–Kier alpha value is -3.20. The molecular formula is C21H16N2O. The zero-order valence-electron chi connectivity index (χ0n) is 13.1. The summed E-state index contributed by atoms with van der Waals surface area (Å²) in [5.74, 6) is 0. The second-order valence-electron chi connectivity index (χ2n) is 5.77. The third-order valence-corrected chi connectivity index (χ3v) is 4.19. The molecule has 0 radical (unpaired) electrons. The van der Waals surface area contributed by atoms with Crippen LogP contribution in [-0.4, -0.2) is 9.55 Å². The van der Waals surface area contributed by atoms with E-state index in [0.29, 0.717) is 6.54 Å². The lowest BCUT2D eigenvalue weighted by molar-refractivity contribution is 0.768. The monoisotopic (exact) mass is 312 g/mol. The molecule has 0 amide bonds. The molecule has 0 aliphatic carbocycles. The third-order valence-electron chi connectivity index (χ3n) is 4.19. The van der Waals surface area contributed by atoms with Crippen molar-refractivity contribution >= 4 is 10.8 Å². The quantitative estimate of drug-likeness (QED) is 0.570. The van der Waals surface area contributed by atoms with Gasteiger partial charge >= 0.3 is 0 Å². The van der Waals surface area contributed by atoms with E-state index in [1.165, 1.54) is 0 Å². The van der Waals surface area contributed by atoms with E-state index >= 15 is 0 Å². The van der Waals surface area contributed by atoms with E-state index in [4.69, 9.17) is 0 Å². The van der Waals surface area contributed by atoms with Crippen LogP contribution < -0.4 is 5.56 Å². The van der Waals surface area contributed by atoms with Crippen LogP contribution in [-0.2, 0) is 6.54 Å². The Labute approximate surface area is 139 Å². The van der Waals surface area contributed by atoms with E-state index in [2.05, 4.69) is 11.1 Å². The zero-order valence-corrected chi connectivity index (χ0v) is 13.1. The molecule has 0 unspecified atom stereocenters. The van der Waals surface area contributed by atoms with Gasteiger partial charge in [0.2, 0.25) is 0 Å². The third kappa shape index (κ3) is 2.72. The van der Waals surface area contributed by atoms with Gasteiger partial charge in [-0.25, -0.2) is 0 Å². The largest absolute Gasteiger partial charge is 0.311 e. The topological polar surface area (TPSA) is 34.9 Å². The summed E-state index contributed by atoms with van der Waals surface area (Å²) in [5, 5.41) is 1.70. The van der Waals surface area contributed by atoms with Gasteiger partial charge < -0.3 is 4.57 Å². The van der Waals surface area contributed by atoms with E-state index in [1.807, 2.05) is 66.9 Å². The molecule has 4 aromatic rings. The highest BCUT2D eigenvalue weighted by Crippen LogP contribution is 2.22. The maximum atomic E-state index is 12.7. The first-order chi connectivity index (χ1) is 11.8. The van der Waals surface area contributed by atoms with Gasteiger partial charge in [0, 0.05) is 24.0 Å². The summed E-state index contributed by atoms with van der Waals surface area (Å²) < 4.78 is 1.75. The summed E-state index contributed by atoms with van der Waals surface area (Å²) >= 11 is 0. The van der Waals surface area contributed by atoms with E-state index < -0.39 is 0 Å². The molecule has 2 heterocycles. The molecule has 3 heteroatoms. The number of hydrogen-bond donors (Lipinski definition) is 0. The average Bonchev–Trinajstić information content (AvgIpc) is 2.65. The highest BCUT2D eigenvalue weighted by atomic mass is 16.1. The SMILES string of the molecule is O=c1c2ccc(-c3ccncc3)cc2ccn1Cc1ccccc1. The van der Waals surface area contributed by atoms with Gasteiger partial charge in [-0.1, -0.05) is 36.4 Å². The molecule has 3 nitrogen and oxygen atoms in total. The molecule has 0 bridgehead atoms. The van der Waals surface area contributed by atoms with Crippen molar-refractivity contribution in [2.45, 2.75) is 6.54 Å². The first-order valence-corrected chi connectivity index (χ1v) is 7.89. The summed E-state index contributed by atoms with van der Waals surface area (Å²) in [6.07, 6.45) is 5.42. The van der Waals surface area contributed by atoms with Crippen LogP contribution in [0.3, 0.4) is 0 Å². The van der Waals surface area contributed by atoms with Gasteiger partial charge in [-0.3, -0.25) is 9.78 Å². The molecule has 2 aromatic carbocycles. The van der Waals surface area contributed by atoms with Crippen LogP contribution in [0.2, 0.25) is 0 Å². The van der Waals surface area contributed by atoms with Crippen LogP contribution >= 0.6 is 0 Å². The standard InChI is InChI=1S/C21H16N2O/c24-21-20-7-6-18(17-8-11-22-12-9-17)14-19(20)10-13-23(21)15-16-4-2-1-3-5-16/h1-14H,15H2. The minimum atomic E-state index is 0.0395. The van der Waals surface area contributed by atoms with Crippen LogP contribution in [0.25, 0.3) is 21.9 Å². The van der Waals surface area contributed by atoms with Gasteiger partial charge in [-0.15, -0.1) is 0 Å². The van der Waals surface area contributed by atoms with Crippen molar-refractivity contribution in [2.75, 3.05) is 0 Å². The summed E-state index contributed by atoms with van der Waals surface area (Å²) in [4.78, 5) is 16.8. The second-order valence-corrected chi connectivity index (χ2v) is 5.77. The highest BCUT2D eigenvalue weighted by molar-refractivity contribution is 5.86. The number of hydrogen-bond acceptors (Lipinski definition) is 2. The van der Waals surface area contributed by atoms with E-state index in [1.54, 1.807) is 17.0 Å². The molecule has 116 valence electrons. The average molecular weight is 312 g/mol. The van der Waals surface area contributed by atoms with Gasteiger partial charge in [-0.05, 0) is 52.4 Å². The Kier molecular flexibility index (Phi) is 3.67.